The highest BCUT2D eigenvalue weighted by molar-refractivity contribution is 5.89. The van der Waals surface area contributed by atoms with E-state index in [4.69, 9.17) is 11.5 Å². The van der Waals surface area contributed by atoms with E-state index in [-0.39, 0.29) is 49.9 Å². The fourth-order valence-corrected chi connectivity index (χ4v) is 4.99. The van der Waals surface area contributed by atoms with E-state index < -0.39 is 29.9 Å². The maximum atomic E-state index is 12.8. The summed E-state index contributed by atoms with van der Waals surface area (Å²) in [6, 6.07) is 8.44. The van der Waals surface area contributed by atoms with Crippen LogP contribution in [0.3, 0.4) is 0 Å². The molecule has 2 atom stereocenters. The molecule has 7 N–H and O–H groups in total. The third-order valence-corrected chi connectivity index (χ3v) is 7.68. The van der Waals surface area contributed by atoms with Crippen LogP contribution in [0.15, 0.2) is 41.3 Å². The van der Waals surface area contributed by atoms with Gasteiger partial charge >= 0.3 is 11.7 Å². The molecular weight excluding hydrogens is 542 g/mol. The summed E-state index contributed by atoms with van der Waals surface area (Å²) < 4.78 is 1.40. The summed E-state index contributed by atoms with van der Waals surface area (Å²) in [5, 5.41) is 15.0. The van der Waals surface area contributed by atoms with Crippen molar-refractivity contribution in [3.63, 3.8) is 0 Å². The van der Waals surface area contributed by atoms with Gasteiger partial charge < -0.3 is 31.7 Å². The lowest BCUT2D eigenvalue weighted by Crippen LogP contribution is -2.60. The van der Waals surface area contributed by atoms with Gasteiger partial charge in [-0.1, -0.05) is 12.1 Å². The molecule has 1 aromatic heterocycles. The van der Waals surface area contributed by atoms with Crippen molar-refractivity contribution < 1.29 is 19.5 Å². The number of benzene rings is 1. The first-order valence-electron chi connectivity index (χ1n) is 14.2. The molecule has 2 aliphatic heterocycles. The van der Waals surface area contributed by atoms with Gasteiger partial charge in [-0.2, -0.15) is 4.98 Å². The van der Waals surface area contributed by atoms with Crippen LogP contribution in [0.1, 0.15) is 32.3 Å². The number of anilines is 1. The SMILES string of the molecule is C[C@H](N)C(=O)NC1CCN(Cc2ccc(-n3ccc(NC(=O)N4CCN(C(=O)[C@@](C)(N)CO)CC4)nc3=O)cc2)CC1. The largest absolute Gasteiger partial charge is 0.394 e. The van der Waals surface area contributed by atoms with E-state index in [0.717, 1.165) is 38.0 Å². The normalized spacial score (nSPS) is 18.7. The number of rotatable bonds is 8. The van der Waals surface area contributed by atoms with Gasteiger partial charge in [-0.3, -0.25) is 24.4 Å². The van der Waals surface area contributed by atoms with Gasteiger partial charge in [0.25, 0.3) is 0 Å². The predicted molar refractivity (Wildman–Crippen MR) is 157 cm³/mol. The Morgan fingerprint density at radius 3 is 2.24 bits per heavy atom. The lowest BCUT2D eigenvalue weighted by Gasteiger charge is -2.37. The lowest BCUT2D eigenvalue weighted by molar-refractivity contribution is -0.139. The number of piperazine rings is 1. The quantitative estimate of drug-likeness (QED) is 0.260. The Bertz CT molecular complexity index is 1310. The average Bonchev–Trinajstić information content (AvgIpc) is 2.98. The Kier molecular flexibility index (Phi) is 9.93. The highest BCUT2D eigenvalue weighted by atomic mass is 16.3. The minimum atomic E-state index is -1.36. The fraction of sp³-hybridized carbons (Fsp3) is 0.536. The zero-order valence-corrected chi connectivity index (χ0v) is 24.2. The van der Waals surface area contributed by atoms with Crippen molar-refractivity contribution in [1.82, 2.24) is 29.6 Å². The number of aliphatic hydroxyl groups is 1. The van der Waals surface area contributed by atoms with Gasteiger partial charge in [0, 0.05) is 58.1 Å². The number of piperidine rings is 1. The molecule has 0 aliphatic carbocycles. The van der Waals surface area contributed by atoms with Crippen LogP contribution in [0.5, 0.6) is 0 Å². The van der Waals surface area contributed by atoms with Gasteiger partial charge in [0.2, 0.25) is 11.8 Å². The molecule has 228 valence electrons. The van der Waals surface area contributed by atoms with Crippen LogP contribution in [0, 0.1) is 0 Å². The van der Waals surface area contributed by atoms with Gasteiger partial charge in [-0.05, 0) is 50.5 Å². The number of amides is 4. The molecule has 1 aromatic carbocycles. The molecule has 42 heavy (non-hydrogen) atoms. The molecule has 0 unspecified atom stereocenters. The molecule has 2 aromatic rings. The van der Waals surface area contributed by atoms with Gasteiger partial charge in [-0.15, -0.1) is 0 Å². The van der Waals surface area contributed by atoms with E-state index in [1.165, 1.54) is 21.3 Å². The molecule has 0 bridgehead atoms. The summed E-state index contributed by atoms with van der Waals surface area (Å²) in [5.74, 6) is -0.354. The highest BCUT2D eigenvalue weighted by Gasteiger charge is 2.34. The topological polar surface area (TPSA) is 192 Å². The van der Waals surface area contributed by atoms with Gasteiger partial charge in [0.15, 0.2) is 0 Å². The van der Waals surface area contributed by atoms with Crippen LogP contribution >= 0.6 is 0 Å². The Hall–Kier alpha value is -3.85. The molecule has 2 aliphatic rings. The van der Waals surface area contributed by atoms with E-state index in [0.29, 0.717) is 5.69 Å². The van der Waals surface area contributed by atoms with Crippen molar-refractivity contribution in [3.8, 4) is 5.69 Å². The van der Waals surface area contributed by atoms with E-state index in [9.17, 15) is 24.3 Å². The van der Waals surface area contributed by atoms with Gasteiger partial charge in [0.1, 0.15) is 11.4 Å². The highest BCUT2D eigenvalue weighted by Crippen LogP contribution is 2.16. The Labute approximate surface area is 244 Å². The summed E-state index contributed by atoms with van der Waals surface area (Å²) in [7, 11) is 0. The molecule has 4 amide bonds. The molecule has 14 heteroatoms. The first-order valence-corrected chi connectivity index (χ1v) is 14.2. The monoisotopic (exact) mass is 583 g/mol. The Morgan fingerprint density at radius 2 is 1.67 bits per heavy atom. The minimum absolute atomic E-state index is 0.118. The van der Waals surface area contributed by atoms with E-state index >= 15 is 0 Å². The molecule has 0 saturated carbocycles. The first-order chi connectivity index (χ1) is 20.0. The number of aromatic nitrogens is 2. The van der Waals surface area contributed by atoms with Crippen molar-refractivity contribution in [2.45, 2.75) is 50.9 Å². The van der Waals surface area contributed by atoms with Crippen molar-refractivity contribution >= 4 is 23.7 Å². The number of hydrogen-bond acceptors (Lipinski definition) is 9. The van der Waals surface area contributed by atoms with Crippen LogP contribution in [0.25, 0.3) is 5.69 Å². The zero-order chi connectivity index (χ0) is 30.4. The number of carbonyl (C=O) groups excluding carboxylic acids is 3. The van der Waals surface area contributed by atoms with E-state index in [1.807, 2.05) is 24.3 Å². The number of nitrogens with zero attached hydrogens (tertiary/aromatic N) is 5. The number of hydrogen-bond donors (Lipinski definition) is 5. The summed E-state index contributed by atoms with van der Waals surface area (Å²) in [4.78, 5) is 59.1. The van der Waals surface area contributed by atoms with Gasteiger partial charge in [-0.25, -0.2) is 9.59 Å². The third-order valence-electron chi connectivity index (χ3n) is 7.68. The van der Waals surface area contributed by atoms with Crippen LogP contribution in [0.2, 0.25) is 0 Å². The number of nitrogens with two attached hydrogens (primary N) is 2. The molecule has 14 nitrogen and oxygen atoms in total. The fourth-order valence-electron chi connectivity index (χ4n) is 4.99. The number of nitrogens with one attached hydrogen (secondary N) is 2. The number of likely N-dealkylation sites (tertiary alicyclic amines) is 1. The van der Waals surface area contributed by atoms with Crippen LogP contribution in [0.4, 0.5) is 10.6 Å². The van der Waals surface area contributed by atoms with Crippen molar-refractivity contribution in [2.75, 3.05) is 51.2 Å². The summed E-state index contributed by atoms with van der Waals surface area (Å²) in [6.07, 6.45) is 3.30. The standard InChI is InChI=1S/C28H41N9O5/c1-19(29)24(39)31-21-7-10-34(11-8-21)17-20-3-5-22(6-4-20)37-12-9-23(33-27(37)42)32-26(41)36-15-13-35(14-16-36)25(40)28(2,30)18-38/h3-6,9,12,19,21,38H,7-8,10-11,13-18,29-30H2,1-2H3,(H,31,39)(H,32,33,41,42)/t19-,28-/m0/s1. The minimum Gasteiger partial charge on any atom is -0.394 e. The second-order valence-corrected chi connectivity index (χ2v) is 11.3. The second-order valence-electron chi connectivity index (χ2n) is 11.3. The average molecular weight is 584 g/mol. The number of carbonyl (C=O) groups is 3. The summed E-state index contributed by atoms with van der Waals surface area (Å²) in [5.41, 5.74) is 11.3. The van der Waals surface area contributed by atoms with Crippen molar-refractivity contribution in [1.29, 1.82) is 0 Å². The second kappa shape index (κ2) is 13.4. The molecule has 3 heterocycles. The van der Waals surface area contributed by atoms with Crippen LogP contribution in [-0.4, -0.2) is 111 Å². The third kappa shape index (κ3) is 7.70. The zero-order valence-electron chi connectivity index (χ0n) is 24.2. The van der Waals surface area contributed by atoms with Crippen LogP contribution in [-0.2, 0) is 16.1 Å². The van der Waals surface area contributed by atoms with Crippen LogP contribution < -0.4 is 27.8 Å². The molecule has 2 saturated heterocycles. The van der Waals surface area contributed by atoms with E-state index in [2.05, 4.69) is 20.5 Å². The Balaban J connectivity index is 1.27. The first kappa shape index (κ1) is 31.1. The lowest BCUT2D eigenvalue weighted by atomic mass is 10.0. The molecule has 2 fully saturated rings. The number of urea groups is 1. The maximum Gasteiger partial charge on any atom is 0.354 e. The molecule has 0 spiro atoms. The predicted octanol–water partition coefficient (Wildman–Crippen LogP) is -0.954. The molecule has 4 rings (SSSR count). The van der Waals surface area contributed by atoms with E-state index in [1.54, 1.807) is 19.2 Å². The smallest absolute Gasteiger partial charge is 0.354 e. The molecule has 0 radical (unpaired) electrons. The van der Waals surface area contributed by atoms with Crippen molar-refractivity contribution in [3.05, 3.63) is 52.6 Å². The Morgan fingerprint density at radius 1 is 1.05 bits per heavy atom. The summed E-state index contributed by atoms with van der Waals surface area (Å²) >= 11 is 0. The summed E-state index contributed by atoms with van der Waals surface area (Å²) in [6.45, 7) is 6.32. The molecular formula is C28H41N9O5. The van der Waals surface area contributed by atoms with Crippen molar-refractivity contribution in [2.24, 2.45) is 11.5 Å². The van der Waals surface area contributed by atoms with Gasteiger partial charge in [0.05, 0.1) is 18.3 Å². The number of aliphatic hydroxyl groups excluding tert-OH is 1. The maximum absolute atomic E-state index is 12.8.